The maximum Gasteiger partial charge on any atom is 0.260 e. The van der Waals surface area contributed by atoms with Crippen molar-refractivity contribution in [1.29, 1.82) is 0 Å². The zero-order chi connectivity index (χ0) is 22.5. The summed E-state index contributed by atoms with van der Waals surface area (Å²) in [6.45, 7) is 1.62. The van der Waals surface area contributed by atoms with E-state index in [-0.39, 0.29) is 11.1 Å². The predicted octanol–water partition coefficient (Wildman–Crippen LogP) is 3.63. The minimum atomic E-state index is -0.533. The quantitative estimate of drug-likeness (QED) is 0.551. The van der Waals surface area contributed by atoms with E-state index >= 15 is 0 Å². The van der Waals surface area contributed by atoms with Crippen LogP contribution in [-0.2, 0) is 4.74 Å². The van der Waals surface area contributed by atoms with Crippen molar-refractivity contribution in [3.63, 3.8) is 0 Å². The van der Waals surface area contributed by atoms with Gasteiger partial charge in [0.05, 0.1) is 22.9 Å². The number of nitrogens with one attached hydrogen (secondary N) is 2. The molecule has 3 heterocycles. The Morgan fingerprint density at radius 2 is 1.91 bits per heavy atom. The molecule has 0 bridgehead atoms. The van der Waals surface area contributed by atoms with Gasteiger partial charge in [-0.25, -0.2) is 4.98 Å². The highest BCUT2D eigenvalue weighted by molar-refractivity contribution is 6.34. The van der Waals surface area contributed by atoms with Crippen LogP contribution in [0.5, 0.6) is 0 Å². The van der Waals surface area contributed by atoms with Crippen LogP contribution in [0.15, 0.2) is 61.1 Å². The normalized spacial score (nSPS) is 15.8. The number of amides is 2. The Hall–Kier alpha value is -3.04. The molecule has 10 heteroatoms. The molecule has 0 spiro atoms. The number of morpholine rings is 1. The zero-order valence-electron chi connectivity index (χ0n) is 16.8. The number of hydrogen-bond acceptors (Lipinski definition) is 6. The molecule has 1 aromatic carbocycles. The standard InChI is InChI=1S/C22H19Cl2N5O3/c23-17-3-2-16(11-18(17)28-21(30)15-1-4-19(24)27-12-15)29(20-13-26-9-10-32-20)22(31)14-5-7-25-8-6-14/h1-8,11-12,20,26H,9-10,13H2,(H,28,30). The molecule has 1 aliphatic heterocycles. The van der Waals surface area contributed by atoms with E-state index in [0.29, 0.717) is 47.2 Å². The van der Waals surface area contributed by atoms with Crippen LogP contribution in [0.1, 0.15) is 20.7 Å². The van der Waals surface area contributed by atoms with Crippen LogP contribution in [-0.4, -0.2) is 47.7 Å². The van der Waals surface area contributed by atoms with E-state index in [4.69, 9.17) is 27.9 Å². The predicted molar refractivity (Wildman–Crippen MR) is 122 cm³/mol. The lowest BCUT2D eigenvalue weighted by Crippen LogP contribution is -2.52. The largest absolute Gasteiger partial charge is 0.355 e. The number of ether oxygens (including phenoxy) is 1. The molecule has 1 fully saturated rings. The average Bonchev–Trinajstić information content (AvgIpc) is 2.83. The molecule has 2 aromatic heterocycles. The Labute approximate surface area is 194 Å². The van der Waals surface area contributed by atoms with Crippen molar-refractivity contribution in [3.8, 4) is 0 Å². The lowest BCUT2D eigenvalue weighted by molar-refractivity contribution is 0.0255. The number of aromatic nitrogens is 2. The molecule has 2 N–H and O–H groups in total. The summed E-state index contributed by atoms with van der Waals surface area (Å²) < 4.78 is 5.85. The number of hydrogen-bond donors (Lipinski definition) is 2. The van der Waals surface area contributed by atoms with Crippen molar-refractivity contribution in [2.24, 2.45) is 0 Å². The van der Waals surface area contributed by atoms with Crippen LogP contribution in [0, 0.1) is 0 Å². The minimum Gasteiger partial charge on any atom is -0.355 e. The summed E-state index contributed by atoms with van der Waals surface area (Å²) in [7, 11) is 0. The maximum atomic E-state index is 13.4. The number of halogens is 2. The molecular formula is C22H19Cl2N5O3. The molecule has 1 aliphatic rings. The van der Waals surface area contributed by atoms with Gasteiger partial charge in [-0.15, -0.1) is 0 Å². The fourth-order valence-corrected chi connectivity index (χ4v) is 3.51. The number of carbonyl (C=O) groups excluding carboxylic acids is 2. The van der Waals surface area contributed by atoms with Gasteiger partial charge in [0.1, 0.15) is 11.4 Å². The summed E-state index contributed by atoms with van der Waals surface area (Å²) in [6.07, 6.45) is 3.95. The summed E-state index contributed by atoms with van der Waals surface area (Å²) in [6, 6.07) is 11.3. The summed E-state index contributed by atoms with van der Waals surface area (Å²) in [5.74, 6) is -0.668. The average molecular weight is 472 g/mol. The van der Waals surface area contributed by atoms with Gasteiger partial charge in [-0.3, -0.25) is 19.5 Å². The Morgan fingerprint density at radius 3 is 2.59 bits per heavy atom. The van der Waals surface area contributed by atoms with Crippen LogP contribution in [0.4, 0.5) is 11.4 Å². The Morgan fingerprint density at radius 1 is 1.09 bits per heavy atom. The van der Waals surface area contributed by atoms with Crippen LogP contribution in [0.2, 0.25) is 10.2 Å². The molecule has 1 unspecified atom stereocenters. The fourth-order valence-electron chi connectivity index (χ4n) is 3.23. The number of pyridine rings is 2. The molecule has 4 rings (SSSR count). The molecule has 0 radical (unpaired) electrons. The van der Waals surface area contributed by atoms with E-state index in [2.05, 4.69) is 20.6 Å². The first-order chi connectivity index (χ1) is 15.5. The van der Waals surface area contributed by atoms with Gasteiger partial charge < -0.3 is 15.4 Å². The highest BCUT2D eigenvalue weighted by Gasteiger charge is 2.29. The second kappa shape index (κ2) is 10.1. The molecular weight excluding hydrogens is 453 g/mol. The van der Waals surface area contributed by atoms with Crippen LogP contribution in [0.3, 0.4) is 0 Å². The monoisotopic (exact) mass is 471 g/mol. The first kappa shape index (κ1) is 22.2. The van der Waals surface area contributed by atoms with Gasteiger partial charge in [-0.05, 0) is 42.5 Å². The van der Waals surface area contributed by atoms with Crippen LogP contribution >= 0.6 is 23.2 Å². The third kappa shape index (κ3) is 5.05. The summed E-state index contributed by atoms with van der Waals surface area (Å²) in [5, 5.41) is 6.60. The van der Waals surface area contributed by atoms with Gasteiger partial charge in [-0.2, -0.15) is 0 Å². The Bertz CT molecular complexity index is 1110. The summed E-state index contributed by atoms with van der Waals surface area (Å²) >= 11 is 12.1. The van der Waals surface area contributed by atoms with Gasteiger partial charge in [0, 0.05) is 42.9 Å². The van der Waals surface area contributed by atoms with Crippen LogP contribution < -0.4 is 15.5 Å². The number of rotatable bonds is 5. The lowest BCUT2D eigenvalue weighted by Gasteiger charge is -2.35. The van der Waals surface area contributed by atoms with Crippen molar-refractivity contribution in [2.75, 3.05) is 29.9 Å². The minimum absolute atomic E-state index is 0.261. The zero-order valence-corrected chi connectivity index (χ0v) is 18.3. The first-order valence-electron chi connectivity index (χ1n) is 9.81. The third-order valence-electron chi connectivity index (χ3n) is 4.81. The van der Waals surface area contributed by atoms with Gasteiger partial charge in [0.2, 0.25) is 0 Å². The Kier molecular flexibility index (Phi) is 6.96. The molecule has 0 saturated carbocycles. The van der Waals surface area contributed by atoms with E-state index in [1.807, 2.05) is 0 Å². The van der Waals surface area contributed by atoms with E-state index in [9.17, 15) is 9.59 Å². The maximum absolute atomic E-state index is 13.4. The second-order valence-corrected chi connectivity index (χ2v) is 7.72. The number of nitrogens with zero attached hydrogens (tertiary/aromatic N) is 3. The topological polar surface area (TPSA) is 96.5 Å². The van der Waals surface area contributed by atoms with Gasteiger partial charge in [0.25, 0.3) is 11.8 Å². The van der Waals surface area contributed by atoms with Crippen molar-refractivity contribution in [3.05, 3.63) is 82.4 Å². The molecule has 1 atom stereocenters. The van der Waals surface area contributed by atoms with Gasteiger partial charge in [-0.1, -0.05) is 23.2 Å². The highest BCUT2D eigenvalue weighted by Crippen LogP contribution is 2.30. The molecule has 3 aromatic rings. The number of benzene rings is 1. The first-order valence-corrected chi connectivity index (χ1v) is 10.6. The highest BCUT2D eigenvalue weighted by atomic mass is 35.5. The van der Waals surface area contributed by atoms with Crippen molar-refractivity contribution < 1.29 is 14.3 Å². The SMILES string of the molecule is O=C(Nc1cc(N(C(=O)c2ccncc2)C2CNCCO2)ccc1Cl)c1ccc(Cl)nc1. The summed E-state index contributed by atoms with van der Waals surface area (Å²) in [5.41, 5.74) is 1.65. The smallest absolute Gasteiger partial charge is 0.260 e. The fraction of sp³-hybridized carbons (Fsp3) is 0.182. The van der Waals surface area contributed by atoms with Gasteiger partial charge >= 0.3 is 0 Å². The van der Waals surface area contributed by atoms with Gasteiger partial charge in [0.15, 0.2) is 0 Å². The number of carbonyl (C=O) groups is 2. The third-order valence-corrected chi connectivity index (χ3v) is 5.36. The summed E-state index contributed by atoms with van der Waals surface area (Å²) in [4.78, 5) is 35.4. The van der Waals surface area contributed by atoms with Crippen LogP contribution in [0.25, 0.3) is 0 Å². The molecule has 8 nitrogen and oxygen atoms in total. The molecule has 32 heavy (non-hydrogen) atoms. The van der Waals surface area contributed by atoms with E-state index in [1.54, 1.807) is 48.8 Å². The van der Waals surface area contributed by atoms with Crippen molar-refractivity contribution >= 4 is 46.4 Å². The van der Waals surface area contributed by atoms with E-state index in [1.165, 1.54) is 17.2 Å². The lowest BCUT2D eigenvalue weighted by atomic mass is 10.1. The van der Waals surface area contributed by atoms with Crippen molar-refractivity contribution in [2.45, 2.75) is 6.23 Å². The van der Waals surface area contributed by atoms with Crippen molar-refractivity contribution in [1.82, 2.24) is 15.3 Å². The molecule has 2 amide bonds. The molecule has 164 valence electrons. The van der Waals surface area contributed by atoms with E-state index < -0.39 is 12.1 Å². The van der Waals surface area contributed by atoms with E-state index in [0.717, 1.165) is 0 Å². The number of anilines is 2. The molecule has 1 saturated heterocycles. The second-order valence-electron chi connectivity index (χ2n) is 6.93. The Balaban J connectivity index is 1.66. The molecule has 0 aliphatic carbocycles.